The fourth-order valence-corrected chi connectivity index (χ4v) is 7.70. The Morgan fingerprint density at radius 1 is 1.09 bits per heavy atom. The van der Waals surface area contributed by atoms with Gasteiger partial charge in [-0.25, -0.2) is 9.97 Å². The highest BCUT2D eigenvalue weighted by molar-refractivity contribution is 6.00. The van der Waals surface area contributed by atoms with Gasteiger partial charge in [0.15, 0.2) is 5.82 Å². The molecule has 1 saturated heterocycles. The summed E-state index contributed by atoms with van der Waals surface area (Å²) in [4.78, 5) is 39.0. The number of amides is 2. The Labute approximate surface area is 275 Å². The Bertz CT molecular complexity index is 1860. The molecule has 0 unspecified atom stereocenters. The number of hydrogen-bond acceptors (Lipinski definition) is 7. The van der Waals surface area contributed by atoms with Crippen LogP contribution in [0, 0.1) is 17.3 Å². The van der Waals surface area contributed by atoms with Crippen molar-refractivity contribution in [1.29, 1.82) is 0 Å². The number of fused-ring (bicyclic) bond motifs is 3. The quantitative estimate of drug-likeness (QED) is 0.327. The Kier molecular flexibility index (Phi) is 8.03. The van der Waals surface area contributed by atoms with Gasteiger partial charge in [-0.3, -0.25) is 9.59 Å². The van der Waals surface area contributed by atoms with E-state index in [2.05, 4.69) is 26.6 Å². The second kappa shape index (κ2) is 11.9. The summed E-state index contributed by atoms with van der Waals surface area (Å²) < 4.78 is 15.7. The SMILES string of the molecule is COc1cc(C(=O)N2CC[C@@H](OC)[C@@H](N)C2)cc2nc(-c3cc4ccc5nc4n3C[C@H]3C[C@H]3CCCC(C)(C)C(=O)N[C@@H]5C)n(C)c12. The number of carbonyl (C=O) groups excluding carboxylic acids is 2. The molecule has 2 bridgehead atoms. The van der Waals surface area contributed by atoms with Crippen LogP contribution in [0.1, 0.15) is 75.0 Å². The number of carbonyl (C=O) groups is 2. The lowest BCUT2D eigenvalue weighted by atomic mass is 9.85. The van der Waals surface area contributed by atoms with Crippen LogP contribution in [0.25, 0.3) is 33.6 Å². The van der Waals surface area contributed by atoms with E-state index in [0.29, 0.717) is 48.2 Å². The first-order valence-electron chi connectivity index (χ1n) is 16.9. The summed E-state index contributed by atoms with van der Waals surface area (Å²) in [7, 11) is 5.29. The summed E-state index contributed by atoms with van der Waals surface area (Å²) in [5, 5.41) is 4.25. The summed E-state index contributed by atoms with van der Waals surface area (Å²) in [6, 6.07) is 9.48. The zero-order valence-corrected chi connectivity index (χ0v) is 28.4. The van der Waals surface area contributed by atoms with Gasteiger partial charge in [0.05, 0.1) is 36.2 Å². The van der Waals surface area contributed by atoms with Gasteiger partial charge in [0, 0.05) is 56.2 Å². The minimum absolute atomic E-state index is 0.0523. The molecular formula is C36H47N7O4. The fourth-order valence-electron chi connectivity index (χ4n) is 7.70. The second-order valence-electron chi connectivity index (χ2n) is 14.5. The summed E-state index contributed by atoms with van der Waals surface area (Å²) >= 11 is 0. The fraction of sp³-hybridized carbons (Fsp3) is 0.556. The molecule has 5 atom stereocenters. The number of likely N-dealkylation sites (tertiary alicyclic amines) is 1. The molecule has 5 heterocycles. The molecule has 7 rings (SSSR count). The van der Waals surface area contributed by atoms with Crippen LogP contribution < -0.4 is 15.8 Å². The van der Waals surface area contributed by atoms with Crippen molar-refractivity contribution in [1.82, 2.24) is 29.3 Å². The zero-order valence-electron chi connectivity index (χ0n) is 28.4. The van der Waals surface area contributed by atoms with Gasteiger partial charge in [-0.2, -0.15) is 0 Å². The number of rotatable bonds is 4. The van der Waals surface area contributed by atoms with Gasteiger partial charge >= 0.3 is 0 Å². The Morgan fingerprint density at radius 3 is 2.64 bits per heavy atom. The van der Waals surface area contributed by atoms with Gasteiger partial charge in [0.2, 0.25) is 5.91 Å². The highest BCUT2D eigenvalue weighted by Gasteiger charge is 2.39. The second-order valence-corrected chi connectivity index (χ2v) is 14.5. The van der Waals surface area contributed by atoms with Crippen LogP contribution in [-0.2, 0) is 23.1 Å². The third-order valence-electron chi connectivity index (χ3n) is 10.8. The molecule has 3 aliphatic rings. The van der Waals surface area contributed by atoms with Crippen molar-refractivity contribution in [3.8, 4) is 17.3 Å². The van der Waals surface area contributed by atoms with E-state index in [1.54, 1.807) is 19.1 Å². The Hall–Kier alpha value is -3.96. The minimum atomic E-state index is -0.417. The molecule has 47 heavy (non-hydrogen) atoms. The topological polar surface area (TPSA) is 130 Å². The number of nitrogens with zero attached hydrogens (tertiary/aromatic N) is 5. The molecule has 2 amide bonds. The number of methoxy groups -OCH3 is 2. The summed E-state index contributed by atoms with van der Waals surface area (Å²) in [5.41, 5.74) is 10.6. The predicted molar refractivity (Wildman–Crippen MR) is 181 cm³/mol. The van der Waals surface area contributed by atoms with Crippen LogP contribution in [0.5, 0.6) is 5.75 Å². The van der Waals surface area contributed by atoms with Crippen molar-refractivity contribution in [2.75, 3.05) is 27.3 Å². The van der Waals surface area contributed by atoms with Gasteiger partial charge in [0.1, 0.15) is 16.9 Å². The highest BCUT2D eigenvalue weighted by Crippen LogP contribution is 2.46. The van der Waals surface area contributed by atoms with E-state index >= 15 is 0 Å². The normalized spacial score (nSPS) is 26.2. The average Bonchev–Trinajstić information content (AvgIpc) is 3.57. The standard InChI is InChI=1S/C36H47N7O4/c1-20-26-10-9-22-16-28(43(32(22)39-26)18-24-14-21(24)8-7-12-36(2,3)35(45)38-20)33-40-27-15-23(17-30(47-6)31(27)41(33)4)34(44)42-13-11-29(46-5)25(37)19-42/h9-10,15-17,20-21,24-25,29H,7-8,11-14,18-19,37H2,1-6H3,(H,38,45)/t20-,21-,24-,25+,29-/m1/s1. The number of hydrogen-bond donors (Lipinski definition) is 2. The van der Waals surface area contributed by atoms with E-state index in [4.69, 9.17) is 25.2 Å². The summed E-state index contributed by atoms with van der Waals surface area (Å²) in [6.45, 7) is 7.96. The lowest BCUT2D eigenvalue weighted by Gasteiger charge is -2.36. The van der Waals surface area contributed by atoms with Gasteiger partial charge in [-0.15, -0.1) is 0 Å². The molecular weight excluding hydrogens is 594 g/mol. The molecule has 2 fully saturated rings. The van der Waals surface area contributed by atoms with E-state index in [9.17, 15) is 9.59 Å². The lowest BCUT2D eigenvalue weighted by Crippen LogP contribution is -2.53. The Morgan fingerprint density at radius 2 is 1.89 bits per heavy atom. The molecule has 1 aliphatic carbocycles. The van der Waals surface area contributed by atoms with E-state index in [-0.39, 0.29) is 30.0 Å². The number of nitrogens with one attached hydrogen (secondary N) is 1. The van der Waals surface area contributed by atoms with Gasteiger partial charge in [-0.05, 0) is 68.4 Å². The van der Waals surface area contributed by atoms with Crippen LogP contribution in [0.2, 0.25) is 0 Å². The molecule has 11 heteroatoms. The van der Waals surface area contributed by atoms with Crippen molar-refractivity contribution >= 4 is 33.9 Å². The molecule has 3 aromatic heterocycles. The van der Waals surface area contributed by atoms with Crippen molar-refractivity contribution in [3.05, 3.63) is 41.6 Å². The number of aromatic nitrogens is 4. The molecule has 250 valence electrons. The minimum Gasteiger partial charge on any atom is -0.494 e. The molecule has 1 saturated carbocycles. The van der Waals surface area contributed by atoms with E-state index in [0.717, 1.165) is 59.6 Å². The summed E-state index contributed by atoms with van der Waals surface area (Å²) in [6.07, 6.45) is 4.85. The molecule has 1 aromatic carbocycles. The summed E-state index contributed by atoms with van der Waals surface area (Å²) in [5.74, 6) is 2.55. The van der Waals surface area contributed by atoms with Crippen LogP contribution in [0.4, 0.5) is 0 Å². The van der Waals surface area contributed by atoms with Crippen molar-refractivity contribution in [3.63, 3.8) is 0 Å². The molecule has 4 aromatic rings. The van der Waals surface area contributed by atoms with Gasteiger partial charge in [-0.1, -0.05) is 26.7 Å². The van der Waals surface area contributed by atoms with E-state index in [1.165, 1.54) is 6.42 Å². The first kappa shape index (κ1) is 31.6. The number of imidazole rings is 1. The molecule has 0 spiro atoms. The monoisotopic (exact) mass is 641 g/mol. The smallest absolute Gasteiger partial charge is 0.254 e. The zero-order chi connectivity index (χ0) is 33.2. The predicted octanol–water partition coefficient (Wildman–Crippen LogP) is 4.81. The lowest BCUT2D eigenvalue weighted by molar-refractivity contribution is -0.130. The number of pyridine rings is 1. The third kappa shape index (κ3) is 5.67. The van der Waals surface area contributed by atoms with E-state index < -0.39 is 5.41 Å². The number of piperidine rings is 1. The van der Waals surface area contributed by atoms with E-state index in [1.807, 2.05) is 46.0 Å². The van der Waals surface area contributed by atoms with Crippen molar-refractivity contribution < 1.29 is 19.1 Å². The third-order valence-corrected chi connectivity index (χ3v) is 10.8. The molecule has 0 radical (unpaired) electrons. The van der Waals surface area contributed by atoms with Crippen molar-refractivity contribution in [2.45, 2.75) is 77.6 Å². The number of aryl methyl sites for hydroxylation is 1. The van der Waals surface area contributed by atoms with Crippen LogP contribution in [0.3, 0.4) is 0 Å². The molecule has 3 N–H and O–H groups in total. The van der Waals surface area contributed by atoms with Crippen molar-refractivity contribution in [2.24, 2.45) is 30.0 Å². The maximum atomic E-state index is 13.7. The molecule has 11 nitrogen and oxygen atoms in total. The Balaban J connectivity index is 1.30. The maximum Gasteiger partial charge on any atom is 0.254 e. The largest absolute Gasteiger partial charge is 0.494 e. The van der Waals surface area contributed by atoms with Gasteiger partial charge in [0.25, 0.3) is 5.91 Å². The molecule has 2 aliphatic heterocycles. The van der Waals surface area contributed by atoms with Crippen LogP contribution >= 0.6 is 0 Å². The number of benzene rings is 1. The average molecular weight is 642 g/mol. The maximum absolute atomic E-state index is 13.7. The number of nitrogens with two attached hydrogens (primary N) is 1. The number of ether oxygens (including phenoxy) is 2. The van der Waals surface area contributed by atoms with Crippen LogP contribution in [0.15, 0.2) is 30.3 Å². The first-order valence-corrected chi connectivity index (χ1v) is 16.9. The highest BCUT2D eigenvalue weighted by atomic mass is 16.5. The van der Waals surface area contributed by atoms with Gasteiger partial charge < -0.3 is 34.6 Å². The van der Waals surface area contributed by atoms with Crippen LogP contribution in [-0.4, -0.2) is 75.3 Å². The first-order chi connectivity index (χ1) is 22.5.